The minimum atomic E-state index is -1.11. The largest absolute Gasteiger partial charge is 0.346 e. The zero-order valence-corrected chi connectivity index (χ0v) is 18.8. The van der Waals surface area contributed by atoms with Gasteiger partial charge in [0.05, 0.1) is 5.57 Å². The third-order valence-corrected chi connectivity index (χ3v) is 5.09. The van der Waals surface area contributed by atoms with Gasteiger partial charge in [-0.05, 0) is 62.6 Å². The highest BCUT2D eigenvalue weighted by Crippen LogP contribution is 2.40. The van der Waals surface area contributed by atoms with E-state index in [2.05, 4.69) is 0 Å². The van der Waals surface area contributed by atoms with Crippen molar-refractivity contribution in [2.45, 2.75) is 40.3 Å². The van der Waals surface area contributed by atoms with Gasteiger partial charge in [-0.15, -0.1) is 0 Å². The second-order valence-corrected chi connectivity index (χ2v) is 7.06. The van der Waals surface area contributed by atoms with Crippen molar-refractivity contribution >= 4 is 29.0 Å². The number of carbonyl (C=O) groups excluding carboxylic acids is 3. The fraction of sp³-hybridized carbons (Fsp3) is 0.400. The van der Waals surface area contributed by atoms with E-state index in [0.717, 1.165) is 16.7 Å². The Labute approximate surface area is 187 Å². The third kappa shape index (κ3) is 4.71. The van der Waals surface area contributed by atoms with Gasteiger partial charge in [-0.2, -0.15) is 0 Å². The smallest absolute Gasteiger partial charge is 0.222 e. The van der Waals surface area contributed by atoms with Crippen molar-refractivity contribution in [3.8, 4) is 0 Å². The van der Waals surface area contributed by atoms with E-state index < -0.39 is 18.4 Å². The molecule has 0 fully saturated rings. The van der Waals surface area contributed by atoms with Crippen molar-refractivity contribution in [1.82, 2.24) is 0 Å². The SMILES string of the molecule is CCOC(OCC)C(=O)C1=CC=C2C(=Cc3cc(C(=O)C(OCC)OCC)ccc32)C1=O. The van der Waals surface area contributed by atoms with Crippen LogP contribution in [-0.2, 0) is 28.5 Å². The van der Waals surface area contributed by atoms with Crippen LogP contribution < -0.4 is 0 Å². The lowest BCUT2D eigenvalue weighted by Gasteiger charge is -2.19. The molecule has 170 valence electrons. The lowest BCUT2D eigenvalue weighted by molar-refractivity contribution is -0.164. The van der Waals surface area contributed by atoms with E-state index in [9.17, 15) is 14.4 Å². The molecule has 0 unspecified atom stereocenters. The van der Waals surface area contributed by atoms with E-state index in [1.165, 1.54) is 6.08 Å². The summed E-state index contributed by atoms with van der Waals surface area (Å²) in [6.45, 7) is 8.36. The summed E-state index contributed by atoms with van der Waals surface area (Å²) < 4.78 is 21.5. The van der Waals surface area contributed by atoms with Gasteiger partial charge in [-0.1, -0.05) is 18.2 Å². The van der Waals surface area contributed by atoms with E-state index >= 15 is 0 Å². The first-order valence-corrected chi connectivity index (χ1v) is 10.8. The summed E-state index contributed by atoms with van der Waals surface area (Å²) in [6, 6.07) is 5.20. The molecule has 0 bridgehead atoms. The zero-order chi connectivity index (χ0) is 23.3. The Morgan fingerprint density at radius 3 is 1.91 bits per heavy atom. The molecule has 0 amide bonds. The van der Waals surface area contributed by atoms with Crippen LogP contribution in [0.15, 0.2) is 41.5 Å². The van der Waals surface area contributed by atoms with Crippen molar-refractivity contribution in [3.05, 3.63) is 58.2 Å². The Hall–Kier alpha value is -2.71. The predicted octanol–water partition coefficient (Wildman–Crippen LogP) is 3.53. The predicted molar refractivity (Wildman–Crippen MR) is 119 cm³/mol. The summed E-state index contributed by atoms with van der Waals surface area (Å²) in [5.41, 5.74) is 3.12. The van der Waals surface area contributed by atoms with Gasteiger partial charge in [-0.3, -0.25) is 14.4 Å². The van der Waals surface area contributed by atoms with Crippen molar-refractivity contribution in [2.75, 3.05) is 26.4 Å². The Kier molecular flexibility index (Phi) is 8.04. The van der Waals surface area contributed by atoms with Crippen LogP contribution in [0.1, 0.15) is 49.2 Å². The molecule has 0 saturated carbocycles. The number of fused-ring (bicyclic) bond motifs is 3. The molecule has 32 heavy (non-hydrogen) atoms. The van der Waals surface area contributed by atoms with Gasteiger partial charge >= 0.3 is 0 Å². The van der Waals surface area contributed by atoms with E-state index in [1.54, 1.807) is 58.0 Å². The van der Waals surface area contributed by atoms with Crippen LogP contribution in [0.4, 0.5) is 0 Å². The quantitative estimate of drug-likeness (QED) is 0.279. The minimum absolute atomic E-state index is 0.0174. The molecule has 0 saturated heterocycles. The molecule has 2 aliphatic rings. The van der Waals surface area contributed by atoms with Gasteiger partial charge in [0.25, 0.3) is 0 Å². The van der Waals surface area contributed by atoms with E-state index in [-0.39, 0.29) is 30.4 Å². The molecule has 2 aliphatic carbocycles. The fourth-order valence-electron chi connectivity index (χ4n) is 3.68. The molecule has 0 radical (unpaired) electrons. The number of ether oxygens (including phenoxy) is 4. The van der Waals surface area contributed by atoms with Gasteiger partial charge < -0.3 is 18.9 Å². The van der Waals surface area contributed by atoms with Crippen LogP contribution in [0.3, 0.4) is 0 Å². The van der Waals surface area contributed by atoms with E-state index in [0.29, 0.717) is 24.4 Å². The number of carbonyl (C=O) groups is 3. The van der Waals surface area contributed by atoms with Crippen LogP contribution in [-0.4, -0.2) is 56.4 Å². The molecular formula is C25H28O7. The number of Topliss-reactive ketones (excluding diaryl/α,β-unsaturated/α-hetero) is 3. The maximum atomic E-state index is 13.1. The van der Waals surface area contributed by atoms with Crippen LogP contribution in [0, 0.1) is 0 Å². The van der Waals surface area contributed by atoms with Crippen LogP contribution in [0.5, 0.6) is 0 Å². The summed E-state index contributed by atoms with van der Waals surface area (Å²) in [7, 11) is 0. The van der Waals surface area contributed by atoms with Gasteiger partial charge in [0.1, 0.15) is 0 Å². The Morgan fingerprint density at radius 1 is 0.781 bits per heavy atom. The summed E-state index contributed by atoms with van der Waals surface area (Å²) in [6.07, 6.45) is 2.87. The first-order valence-electron chi connectivity index (χ1n) is 10.8. The molecule has 7 heteroatoms. The van der Waals surface area contributed by atoms with Crippen LogP contribution in [0.2, 0.25) is 0 Å². The van der Waals surface area contributed by atoms with Gasteiger partial charge in [0, 0.05) is 37.6 Å². The average molecular weight is 440 g/mol. The van der Waals surface area contributed by atoms with Crippen LogP contribution >= 0.6 is 0 Å². The van der Waals surface area contributed by atoms with E-state index in [1.807, 2.05) is 0 Å². The van der Waals surface area contributed by atoms with Crippen molar-refractivity contribution < 1.29 is 33.3 Å². The summed E-state index contributed by atoms with van der Waals surface area (Å²) in [5, 5.41) is 0. The van der Waals surface area contributed by atoms with Gasteiger partial charge in [-0.25, -0.2) is 0 Å². The molecule has 0 spiro atoms. The molecule has 0 N–H and O–H groups in total. The molecule has 3 rings (SSSR count). The van der Waals surface area contributed by atoms with Crippen molar-refractivity contribution in [3.63, 3.8) is 0 Å². The number of hydrogen-bond acceptors (Lipinski definition) is 7. The first kappa shape index (κ1) is 23.9. The maximum absolute atomic E-state index is 13.1. The van der Waals surface area contributed by atoms with Crippen LogP contribution in [0.25, 0.3) is 11.6 Å². The zero-order valence-electron chi connectivity index (χ0n) is 18.8. The Balaban J connectivity index is 1.88. The fourth-order valence-corrected chi connectivity index (χ4v) is 3.68. The lowest BCUT2D eigenvalue weighted by atomic mass is 9.89. The number of allylic oxidation sites excluding steroid dienone is 4. The first-order chi connectivity index (χ1) is 15.5. The minimum Gasteiger partial charge on any atom is -0.346 e. The molecule has 7 nitrogen and oxygen atoms in total. The Morgan fingerprint density at radius 2 is 1.34 bits per heavy atom. The highest BCUT2D eigenvalue weighted by Gasteiger charge is 2.35. The molecule has 1 aromatic carbocycles. The number of rotatable bonds is 12. The maximum Gasteiger partial charge on any atom is 0.222 e. The topological polar surface area (TPSA) is 88.1 Å². The number of ketones is 3. The molecule has 0 aromatic heterocycles. The second-order valence-electron chi connectivity index (χ2n) is 7.06. The molecule has 0 aliphatic heterocycles. The van der Waals surface area contributed by atoms with Gasteiger partial charge in [0.2, 0.25) is 24.1 Å². The van der Waals surface area contributed by atoms with Gasteiger partial charge in [0.15, 0.2) is 5.78 Å². The monoisotopic (exact) mass is 440 g/mol. The number of benzene rings is 1. The average Bonchev–Trinajstić information content (AvgIpc) is 3.17. The van der Waals surface area contributed by atoms with Crippen molar-refractivity contribution in [2.24, 2.45) is 0 Å². The standard InChI is InChI=1S/C25H28O7/c1-5-29-24(30-6-2)21(26)15-9-10-17-16(13-15)14-20-18(17)11-12-19(22(20)27)23(28)25(31-7-3)32-8-4/h9-14,24-25H,5-8H2,1-4H3. The Bertz CT molecular complexity index is 988. The molecule has 0 heterocycles. The normalized spacial score (nSPS) is 14.8. The lowest BCUT2D eigenvalue weighted by Crippen LogP contribution is -2.32. The molecular weight excluding hydrogens is 412 g/mol. The summed E-state index contributed by atoms with van der Waals surface area (Å²) in [4.78, 5) is 38.7. The highest BCUT2D eigenvalue weighted by molar-refractivity contribution is 6.35. The summed E-state index contributed by atoms with van der Waals surface area (Å²) in [5.74, 6) is -1.17. The second kappa shape index (κ2) is 10.7. The van der Waals surface area contributed by atoms with Crippen molar-refractivity contribution in [1.29, 1.82) is 0 Å². The highest BCUT2D eigenvalue weighted by atomic mass is 16.7. The third-order valence-electron chi connectivity index (χ3n) is 5.09. The number of hydrogen-bond donors (Lipinski definition) is 0. The molecule has 1 aromatic rings. The molecule has 0 atom stereocenters. The van der Waals surface area contributed by atoms with E-state index in [4.69, 9.17) is 18.9 Å². The summed E-state index contributed by atoms with van der Waals surface area (Å²) >= 11 is 0.